The lowest BCUT2D eigenvalue weighted by atomic mass is 10.3. The highest BCUT2D eigenvalue weighted by Crippen LogP contribution is 1.84. The fourth-order valence-electron chi connectivity index (χ4n) is 0.359. The summed E-state index contributed by atoms with van der Waals surface area (Å²) in [5.74, 6) is 0. The van der Waals surface area contributed by atoms with Crippen molar-refractivity contribution in [1.82, 2.24) is 0 Å². The summed E-state index contributed by atoms with van der Waals surface area (Å²) in [5.41, 5.74) is 0. The van der Waals surface area contributed by atoms with Gasteiger partial charge in [-0.25, -0.2) is 0 Å². The Morgan fingerprint density at radius 2 is 0.850 bits per heavy atom. The Balaban J connectivity index is -0.0000000324. The number of rotatable bonds is 3. The van der Waals surface area contributed by atoms with Crippen molar-refractivity contribution in [3.05, 3.63) is 24.8 Å². The minimum absolute atomic E-state index is 1.01. The molecule has 0 radical (unpaired) electrons. The van der Waals surface area contributed by atoms with Gasteiger partial charge in [0.2, 0.25) is 0 Å². The van der Waals surface area contributed by atoms with Crippen LogP contribution in [0.3, 0.4) is 0 Å². The van der Waals surface area contributed by atoms with Crippen LogP contribution >= 0.6 is 0 Å². The molecule has 0 saturated carbocycles. The molecule has 0 N–H and O–H groups in total. The van der Waals surface area contributed by atoms with Gasteiger partial charge in [0.05, 0.1) is 0 Å². The molecule has 0 aliphatic rings. The van der Waals surface area contributed by atoms with Crippen molar-refractivity contribution >= 4 is 0 Å². The Labute approximate surface area is 133 Å². The largest absolute Gasteiger partial charge is 0.103 e. The molecule has 0 fully saturated rings. The third kappa shape index (κ3) is 392. The zero-order valence-corrected chi connectivity index (χ0v) is 17.0. The first kappa shape index (κ1) is 36.6. The fourth-order valence-corrected chi connectivity index (χ4v) is 0.359. The van der Waals surface area contributed by atoms with Crippen LogP contribution in [0.25, 0.3) is 0 Å². The van der Waals surface area contributed by atoms with E-state index in [1.54, 1.807) is 0 Å². The predicted octanol–water partition coefficient (Wildman–Crippen LogP) is 8.83. The van der Waals surface area contributed by atoms with Crippen LogP contribution in [0.5, 0.6) is 0 Å². The smallest absolute Gasteiger partial charge is 0.0172 e. The molecular formula is C20H48. The molecular weight excluding hydrogens is 240 g/mol. The molecule has 0 spiro atoms. The van der Waals surface area contributed by atoms with Crippen molar-refractivity contribution < 1.29 is 0 Å². The average Bonchev–Trinajstić information content (AvgIpc) is 2.46. The molecule has 0 nitrogen and oxygen atoms in total. The van der Waals surface area contributed by atoms with Crippen molar-refractivity contribution in [3.63, 3.8) is 0 Å². The van der Waals surface area contributed by atoms with Gasteiger partial charge in [-0.05, 0) is 12.8 Å². The van der Waals surface area contributed by atoms with Crippen molar-refractivity contribution in [3.8, 4) is 0 Å². The van der Waals surface area contributed by atoms with E-state index in [-0.39, 0.29) is 0 Å². The number of hydrogen-bond donors (Lipinski definition) is 0. The van der Waals surface area contributed by atoms with Crippen LogP contribution in [0.15, 0.2) is 24.8 Å². The second kappa shape index (κ2) is 101. The molecule has 0 unspecified atom stereocenters. The van der Waals surface area contributed by atoms with Crippen LogP contribution in [-0.2, 0) is 0 Å². The van der Waals surface area contributed by atoms with E-state index in [9.17, 15) is 0 Å². The Hall–Kier alpha value is -0.520. The first-order chi connectivity index (χ1) is 9.66. The maximum absolute atomic E-state index is 3.58. The van der Waals surface area contributed by atoms with E-state index in [4.69, 9.17) is 0 Å². The van der Waals surface area contributed by atoms with Crippen molar-refractivity contribution in [2.24, 2.45) is 0 Å². The quantitative estimate of drug-likeness (QED) is 0.455. The molecule has 0 aliphatic carbocycles. The van der Waals surface area contributed by atoms with Gasteiger partial charge in [-0.3, -0.25) is 0 Å². The Morgan fingerprint density at radius 3 is 1.00 bits per heavy atom. The fraction of sp³-hybridized carbons (Fsp3) is 0.800. The molecule has 0 bridgehead atoms. The summed E-state index contributed by atoms with van der Waals surface area (Å²) in [4.78, 5) is 0. The zero-order valence-electron chi connectivity index (χ0n) is 17.0. The summed E-state index contributed by atoms with van der Waals surface area (Å²) in [6.07, 6.45) is 12.0. The van der Waals surface area contributed by atoms with Crippen LogP contribution in [-0.4, -0.2) is 0 Å². The maximum atomic E-state index is 3.58. The van der Waals surface area contributed by atoms with Gasteiger partial charge in [0, 0.05) is 0 Å². The van der Waals surface area contributed by atoms with E-state index >= 15 is 0 Å². The van der Waals surface area contributed by atoms with Gasteiger partial charge in [-0.1, -0.05) is 114 Å². The number of hydrogen-bond acceptors (Lipinski definition) is 0. The molecule has 0 rings (SSSR count). The lowest BCUT2D eigenvalue weighted by molar-refractivity contribution is 1.09. The first-order valence-corrected chi connectivity index (χ1v) is 8.92. The van der Waals surface area contributed by atoms with E-state index in [2.05, 4.69) is 67.2 Å². The van der Waals surface area contributed by atoms with Crippen LogP contribution in [0.4, 0.5) is 0 Å². The minimum Gasteiger partial charge on any atom is -0.103 e. The molecule has 0 aromatic rings. The Kier molecular flexibility index (Phi) is 185. The molecule has 20 heavy (non-hydrogen) atoms. The number of allylic oxidation sites excluding steroid dienone is 3. The van der Waals surface area contributed by atoms with Gasteiger partial charge in [0.1, 0.15) is 0 Å². The highest BCUT2D eigenvalue weighted by Gasteiger charge is 1.63. The maximum Gasteiger partial charge on any atom is -0.0172 e. The Morgan fingerprint density at radius 1 is 0.600 bits per heavy atom. The average molecular weight is 289 g/mol. The second-order valence-electron chi connectivity index (χ2n) is 3.53. The van der Waals surface area contributed by atoms with Crippen molar-refractivity contribution in [2.45, 2.75) is 108 Å². The van der Waals surface area contributed by atoms with Gasteiger partial charge in [0.15, 0.2) is 0 Å². The molecule has 0 amide bonds. The molecule has 0 saturated heterocycles. The third-order valence-electron chi connectivity index (χ3n) is 0.705. The van der Waals surface area contributed by atoms with E-state index in [0.717, 1.165) is 12.8 Å². The van der Waals surface area contributed by atoms with Crippen LogP contribution in [0, 0.1) is 0 Å². The summed E-state index contributed by atoms with van der Waals surface area (Å²) in [5, 5.41) is 0. The van der Waals surface area contributed by atoms with Gasteiger partial charge >= 0.3 is 0 Å². The van der Waals surface area contributed by atoms with Gasteiger partial charge in [0.25, 0.3) is 0 Å². The normalized spacial score (nSPS) is 6.75. The topological polar surface area (TPSA) is 0 Å². The third-order valence-corrected chi connectivity index (χ3v) is 0.705. The van der Waals surface area contributed by atoms with Crippen LogP contribution in [0.2, 0.25) is 0 Å². The van der Waals surface area contributed by atoms with E-state index in [0.29, 0.717) is 0 Å². The molecule has 0 heteroatoms. The molecule has 0 aromatic carbocycles. The summed E-state index contributed by atoms with van der Waals surface area (Å²) < 4.78 is 0. The van der Waals surface area contributed by atoms with Gasteiger partial charge in [-0.2, -0.15) is 0 Å². The minimum atomic E-state index is 1.01. The molecule has 0 aliphatic heterocycles. The molecule has 0 heterocycles. The van der Waals surface area contributed by atoms with Crippen molar-refractivity contribution in [2.75, 3.05) is 0 Å². The first-order valence-electron chi connectivity index (χ1n) is 8.92. The van der Waals surface area contributed by atoms with Crippen LogP contribution < -0.4 is 0 Å². The molecule has 0 aromatic heterocycles. The monoisotopic (exact) mass is 288 g/mol. The second-order valence-corrected chi connectivity index (χ2v) is 3.53. The summed E-state index contributed by atoms with van der Waals surface area (Å²) in [7, 11) is 0. The van der Waals surface area contributed by atoms with Gasteiger partial charge < -0.3 is 0 Å². The highest BCUT2D eigenvalue weighted by atomic mass is 13.7. The SMILES string of the molecule is C=CCC=CCC.CC.CC.CCC.CCC.CCC. The molecule has 0 atom stereocenters. The van der Waals surface area contributed by atoms with Gasteiger partial charge in [-0.15, -0.1) is 6.58 Å². The predicted molar refractivity (Wildman–Crippen MR) is 105 cm³/mol. The summed E-state index contributed by atoms with van der Waals surface area (Å²) >= 11 is 0. The molecule has 128 valence electrons. The highest BCUT2D eigenvalue weighted by molar-refractivity contribution is 4.87. The van der Waals surface area contributed by atoms with E-state index in [1.807, 2.05) is 33.8 Å². The summed E-state index contributed by atoms with van der Waals surface area (Å²) in [6, 6.07) is 0. The van der Waals surface area contributed by atoms with Crippen molar-refractivity contribution in [1.29, 1.82) is 0 Å². The van der Waals surface area contributed by atoms with E-state index < -0.39 is 0 Å². The standard InChI is InChI=1S/C7H12.3C3H8.2C2H6/c1-3-5-7-6-4-2;3*1-3-2;2*1-2/h3,6-7H,1,4-5H2,2H3;3*3H2,1-2H3;2*1-2H3. The van der Waals surface area contributed by atoms with Crippen LogP contribution in [0.1, 0.15) is 108 Å². The lowest BCUT2D eigenvalue weighted by Crippen LogP contribution is -1.53. The van der Waals surface area contributed by atoms with E-state index in [1.165, 1.54) is 19.3 Å². The summed E-state index contributed by atoms with van der Waals surface area (Å²) in [6.45, 7) is 26.5. The lowest BCUT2D eigenvalue weighted by Gasteiger charge is -1.75. The Bertz CT molecular complexity index is 85.5. The zero-order chi connectivity index (χ0) is 17.7.